The molecule has 0 bridgehead atoms. The standard InChI is InChI=1S/C27H35N3O4S/c1-20(2)21-10-12-25(13-11-21)35(33,34)30-17-14-22(15-18-30)27(32)29-16-6-7-23(19-29)26(31)28-24-8-4-3-5-9-24/h3-5,8-13,20,22-23H,6-7,14-19H2,1-2H3,(H,28,31). The molecule has 2 heterocycles. The fourth-order valence-corrected chi connectivity index (χ4v) is 6.40. The van der Waals surface area contributed by atoms with Crippen molar-refractivity contribution in [2.24, 2.45) is 11.8 Å². The first-order chi connectivity index (χ1) is 16.8. The predicted octanol–water partition coefficient (Wildman–Crippen LogP) is 4.09. The zero-order valence-corrected chi connectivity index (χ0v) is 21.3. The van der Waals surface area contributed by atoms with E-state index in [2.05, 4.69) is 19.2 Å². The van der Waals surface area contributed by atoms with Crippen LogP contribution in [0, 0.1) is 11.8 Å². The molecule has 2 aromatic rings. The van der Waals surface area contributed by atoms with E-state index in [1.165, 1.54) is 4.31 Å². The first-order valence-electron chi connectivity index (χ1n) is 12.5. The number of hydrogen-bond donors (Lipinski definition) is 1. The highest BCUT2D eigenvalue weighted by atomic mass is 32.2. The zero-order valence-electron chi connectivity index (χ0n) is 20.5. The maximum absolute atomic E-state index is 13.2. The Morgan fingerprint density at radius 2 is 1.54 bits per heavy atom. The van der Waals surface area contributed by atoms with Crippen LogP contribution in [-0.4, -0.2) is 55.6 Å². The number of carbonyl (C=O) groups is 2. The molecule has 0 aromatic heterocycles. The van der Waals surface area contributed by atoms with Crippen LogP contribution >= 0.6 is 0 Å². The average molecular weight is 498 g/mol. The van der Waals surface area contributed by atoms with E-state index >= 15 is 0 Å². The Labute approximate surface area is 208 Å². The first kappa shape index (κ1) is 25.4. The lowest BCUT2D eigenvalue weighted by Gasteiger charge is -2.37. The highest BCUT2D eigenvalue weighted by Crippen LogP contribution is 2.28. The van der Waals surface area contributed by atoms with Crippen molar-refractivity contribution < 1.29 is 18.0 Å². The number of rotatable bonds is 6. The Hall–Kier alpha value is -2.71. The number of amides is 2. The summed E-state index contributed by atoms with van der Waals surface area (Å²) in [5, 5.41) is 2.95. The van der Waals surface area contributed by atoms with Gasteiger partial charge in [0, 0.05) is 37.8 Å². The third kappa shape index (κ3) is 5.93. The SMILES string of the molecule is CC(C)c1ccc(S(=O)(=O)N2CCC(C(=O)N3CCCC(C(=O)Nc4ccccc4)C3)CC2)cc1. The van der Waals surface area contributed by atoms with Gasteiger partial charge in [-0.25, -0.2) is 8.42 Å². The van der Waals surface area contributed by atoms with E-state index in [0.29, 0.717) is 49.8 Å². The van der Waals surface area contributed by atoms with Crippen molar-refractivity contribution in [2.75, 3.05) is 31.5 Å². The van der Waals surface area contributed by atoms with Crippen LogP contribution in [0.5, 0.6) is 0 Å². The Kier molecular flexibility index (Phi) is 7.91. The molecule has 1 atom stereocenters. The molecule has 2 aliphatic rings. The van der Waals surface area contributed by atoms with Gasteiger partial charge in [-0.1, -0.05) is 44.2 Å². The van der Waals surface area contributed by atoms with Crippen LogP contribution in [0.3, 0.4) is 0 Å². The van der Waals surface area contributed by atoms with Crippen molar-refractivity contribution in [3.05, 3.63) is 60.2 Å². The van der Waals surface area contributed by atoms with E-state index in [9.17, 15) is 18.0 Å². The summed E-state index contributed by atoms with van der Waals surface area (Å²) in [5.41, 5.74) is 1.86. The molecule has 2 aliphatic heterocycles. The Balaban J connectivity index is 1.32. The minimum atomic E-state index is -3.57. The average Bonchev–Trinajstić information content (AvgIpc) is 2.89. The number of piperidine rings is 2. The van der Waals surface area contributed by atoms with Gasteiger partial charge in [-0.2, -0.15) is 4.31 Å². The number of sulfonamides is 1. The molecular formula is C27H35N3O4S. The van der Waals surface area contributed by atoms with Gasteiger partial charge in [0.05, 0.1) is 10.8 Å². The quantitative estimate of drug-likeness (QED) is 0.651. The normalized spacial score (nSPS) is 20.1. The summed E-state index contributed by atoms with van der Waals surface area (Å²) < 4.78 is 27.7. The summed E-state index contributed by atoms with van der Waals surface area (Å²) in [6.45, 7) is 5.87. The second kappa shape index (κ2) is 10.9. The number of para-hydroxylation sites is 1. The first-order valence-corrected chi connectivity index (χ1v) is 13.9. The van der Waals surface area contributed by atoms with Crippen molar-refractivity contribution in [2.45, 2.75) is 50.3 Å². The molecule has 2 saturated heterocycles. The second-order valence-corrected chi connectivity index (χ2v) is 11.8. The zero-order chi connectivity index (χ0) is 25.0. The van der Waals surface area contributed by atoms with Crippen LogP contribution in [0.4, 0.5) is 5.69 Å². The van der Waals surface area contributed by atoms with E-state index in [4.69, 9.17) is 0 Å². The molecule has 4 rings (SSSR count). The van der Waals surface area contributed by atoms with Gasteiger partial charge < -0.3 is 10.2 Å². The van der Waals surface area contributed by atoms with Gasteiger partial charge >= 0.3 is 0 Å². The Morgan fingerprint density at radius 1 is 0.886 bits per heavy atom. The minimum Gasteiger partial charge on any atom is -0.342 e. The molecule has 1 unspecified atom stereocenters. The molecule has 0 radical (unpaired) electrons. The molecule has 2 aromatic carbocycles. The Morgan fingerprint density at radius 3 is 2.17 bits per heavy atom. The number of anilines is 1. The summed E-state index contributed by atoms with van der Waals surface area (Å²) >= 11 is 0. The topological polar surface area (TPSA) is 86.8 Å². The van der Waals surface area contributed by atoms with Crippen LogP contribution < -0.4 is 5.32 Å². The summed E-state index contributed by atoms with van der Waals surface area (Å²) in [6.07, 6.45) is 2.55. The predicted molar refractivity (Wildman–Crippen MR) is 136 cm³/mol. The Bertz CT molecular complexity index is 1120. The van der Waals surface area contributed by atoms with Crippen molar-refractivity contribution in [3.63, 3.8) is 0 Å². The summed E-state index contributed by atoms with van der Waals surface area (Å²) in [4.78, 5) is 28.1. The summed E-state index contributed by atoms with van der Waals surface area (Å²) in [5.74, 6) is -0.117. The number of hydrogen-bond acceptors (Lipinski definition) is 4. The molecule has 0 aliphatic carbocycles. The van der Waals surface area contributed by atoms with E-state index in [1.807, 2.05) is 42.5 Å². The molecular weight excluding hydrogens is 462 g/mol. The molecule has 1 N–H and O–H groups in total. The van der Waals surface area contributed by atoms with Gasteiger partial charge in [-0.3, -0.25) is 9.59 Å². The molecule has 0 saturated carbocycles. The fraction of sp³-hybridized carbons (Fsp3) is 0.481. The smallest absolute Gasteiger partial charge is 0.243 e. The third-order valence-electron chi connectivity index (χ3n) is 7.13. The van der Waals surface area contributed by atoms with Gasteiger partial charge in [-0.15, -0.1) is 0 Å². The third-order valence-corrected chi connectivity index (χ3v) is 9.05. The highest BCUT2D eigenvalue weighted by molar-refractivity contribution is 7.89. The number of carbonyl (C=O) groups excluding carboxylic acids is 2. The van der Waals surface area contributed by atoms with E-state index in [1.54, 1.807) is 17.0 Å². The molecule has 8 heteroatoms. The molecule has 188 valence electrons. The van der Waals surface area contributed by atoms with Crippen LogP contribution in [0.15, 0.2) is 59.5 Å². The number of nitrogens with one attached hydrogen (secondary N) is 1. The summed E-state index contributed by atoms with van der Waals surface area (Å²) in [7, 11) is -3.57. The van der Waals surface area contributed by atoms with Crippen molar-refractivity contribution in [1.82, 2.24) is 9.21 Å². The second-order valence-electron chi connectivity index (χ2n) is 9.88. The van der Waals surface area contributed by atoms with Crippen LogP contribution in [0.1, 0.15) is 51.0 Å². The maximum Gasteiger partial charge on any atom is 0.243 e. The van der Waals surface area contributed by atoms with Crippen LogP contribution in [-0.2, 0) is 19.6 Å². The van der Waals surface area contributed by atoms with Gasteiger partial charge in [0.2, 0.25) is 21.8 Å². The van der Waals surface area contributed by atoms with Crippen molar-refractivity contribution >= 4 is 27.5 Å². The van der Waals surface area contributed by atoms with Gasteiger partial charge in [0.25, 0.3) is 0 Å². The number of likely N-dealkylation sites (tertiary alicyclic amines) is 1. The lowest BCUT2D eigenvalue weighted by Crippen LogP contribution is -2.48. The lowest BCUT2D eigenvalue weighted by molar-refractivity contribution is -0.139. The monoisotopic (exact) mass is 497 g/mol. The van der Waals surface area contributed by atoms with Crippen molar-refractivity contribution in [1.29, 1.82) is 0 Å². The molecule has 0 spiro atoms. The molecule has 7 nitrogen and oxygen atoms in total. The highest BCUT2D eigenvalue weighted by Gasteiger charge is 2.36. The van der Waals surface area contributed by atoms with E-state index in [0.717, 1.165) is 24.1 Å². The van der Waals surface area contributed by atoms with Gasteiger partial charge in [0.1, 0.15) is 0 Å². The van der Waals surface area contributed by atoms with E-state index in [-0.39, 0.29) is 23.7 Å². The summed E-state index contributed by atoms with van der Waals surface area (Å²) in [6, 6.07) is 16.4. The molecule has 35 heavy (non-hydrogen) atoms. The van der Waals surface area contributed by atoms with Gasteiger partial charge in [0.15, 0.2) is 0 Å². The number of nitrogens with zero attached hydrogens (tertiary/aromatic N) is 2. The lowest BCUT2D eigenvalue weighted by atomic mass is 9.92. The largest absolute Gasteiger partial charge is 0.342 e. The minimum absolute atomic E-state index is 0.0422. The molecule has 2 fully saturated rings. The van der Waals surface area contributed by atoms with Crippen LogP contribution in [0.25, 0.3) is 0 Å². The fourth-order valence-electron chi connectivity index (χ4n) is 4.93. The number of benzene rings is 2. The molecule has 2 amide bonds. The van der Waals surface area contributed by atoms with Crippen molar-refractivity contribution in [3.8, 4) is 0 Å². The van der Waals surface area contributed by atoms with Crippen LogP contribution in [0.2, 0.25) is 0 Å². The van der Waals surface area contributed by atoms with E-state index < -0.39 is 10.0 Å². The van der Waals surface area contributed by atoms with Gasteiger partial charge in [-0.05, 0) is 61.4 Å². The maximum atomic E-state index is 13.2.